The second-order valence-electron chi connectivity index (χ2n) is 3.04. The van der Waals surface area contributed by atoms with E-state index >= 15 is 0 Å². The lowest BCUT2D eigenvalue weighted by molar-refractivity contribution is -0.143. The Morgan fingerprint density at radius 1 is 1.69 bits per heavy atom. The molecule has 1 aromatic heterocycles. The molecular weight excluding hydrogens is 192 g/mol. The molecule has 1 aromatic rings. The molecule has 5 heteroatoms. The normalized spacial score (nSPS) is 17.3. The van der Waals surface area contributed by atoms with Gasteiger partial charge in [0.05, 0.1) is 12.8 Å². The Hall–Kier alpha value is -1.03. The van der Waals surface area contributed by atoms with E-state index in [-0.39, 0.29) is 18.4 Å². The van der Waals surface area contributed by atoms with Gasteiger partial charge in [0.1, 0.15) is 5.41 Å². The van der Waals surface area contributed by atoms with Crippen molar-refractivity contribution in [3.8, 4) is 0 Å². The monoisotopic (exact) mass is 202 g/mol. The first-order valence-corrected chi connectivity index (χ1v) is 3.88. The Morgan fingerprint density at radius 3 is 2.77 bits per heavy atom. The van der Waals surface area contributed by atoms with Crippen LogP contribution in [0.2, 0.25) is 0 Å². The fourth-order valence-corrected chi connectivity index (χ4v) is 1.43. The first-order valence-electron chi connectivity index (χ1n) is 3.88. The van der Waals surface area contributed by atoms with E-state index in [0.717, 1.165) is 18.5 Å². The van der Waals surface area contributed by atoms with E-state index in [9.17, 15) is 4.79 Å². The molecule has 0 spiro atoms. The van der Waals surface area contributed by atoms with Crippen molar-refractivity contribution in [2.75, 3.05) is 7.11 Å². The largest absolute Gasteiger partial charge is 0.468 e. The third-order valence-electron chi connectivity index (χ3n) is 2.34. The molecular formula is C8H11ClN2O2. The van der Waals surface area contributed by atoms with Crippen LogP contribution in [-0.2, 0) is 14.9 Å². The lowest BCUT2D eigenvalue weighted by Gasteiger charge is -2.08. The van der Waals surface area contributed by atoms with Crippen molar-refractivity contribution in [2.24, 2.45) is 0 Å². The van der Waals surface area contributed by atoms with Gasteiger partial charge in [0.2, 0.25) is 0 Å². The summed E-state index contributed by atoms with van der Waals surface area (Å²) in [7, 11) is 1.42. The molecule has 0 radical (unpaired) electrons. The third kappa shape index (κ3) is 1.42. The number of H-pyrrole nitrogens is 1. The van der Waals surface area contributed by atoms with Crippen molar-refractivity contribution in [1.82, 2.24) is 10.2 Å². The van der Waals surface area contributed by atoms with Crippen molar-refractivity contribution in [3.63, 3.8) is 0 Å². The number of rotatable bonds is 2. The fraction of sp³-hybridized carbons (Fsp3) is 0.500. The summed E-state index contributed by atoms with van der Waals surface area (Å²) in [5.41, 5.74) is 0.472. The van der Waals surface area contributed by atoms with Gasteiger partial charge in [-0.05, 0) is 18.9 Å². The van der Waals surface area contributed by atoms with Crippen LogP contribution in [-0.4, -0.2) is 23.3 Å². The molecule has 0 bridgehead atoms. The molecule has 0 aromatic carbocycles. The molecule has 0 aliphatic heterocycles. The smallest absolute Gasteiger partial charge is 0.317 e. The maximum atomic E-state index is 11.3. The van der Waals surface area contributed by atoms with E-state index in [0.29, 0.717) is 0 Å². The molecule has 13 heavy (non-hydrogen) atoms. The zero-order valence-corrected chi connectivity index (χ0v) is 8.06. The van der Waals surface area contributed by atoms with E-state index < -0.39 is 5.41 Å². The summed E-state index contributed by atoms with van der Waals surface area (Å²) in [5.74, 6) is -0.160. The molecule has 1 aliphatic carbocycles. The fourth-order valence-electron chi connectivity index (χ4n) is 1.43. The number of ether oxygens (including phenoxy) is 1. The number of nitrogens with one attached hydrogen (secondary N) is 1. The maximum Gasteiger partial charge on any atom is 0.317 e. The molecule has 1 aliphatic rings. The number of aromatic amines is 1. The van der Waals surface area contributed by atoms with Crippen LogP contribution in [0.3, 0.4) is 0 Å². The molecule has 1 heterocycles. The molecule has 72 valence electrons. The third-order valence-corrected chi connectivity index (χ3v) is 2.34. The topological polar surface area (TPSA) is 55.0 Å². The van der Waals surface area contributed by atoms with Crippen LogP contribution in [0, 0.1) is 0 Å². The number of hydrogen-bond acceptors (Lipinski definition) is 3. The minimum Gasteiger partial charge on any atom is -0.468 e. The van der Waals surface area contributed by atoms with Crippen LogP contribution in [0.15, 0.2) is 12.3 Å². The summed E-state index contributed by atoms with van der Waals surface area (Å²) in [5, 5.41) is 6.62. The number of carbonyl (C=O) groups excluding carboxylic acids is 1. The van der Waals surface area contributed by atoms with Crippen LogP contribution in [0.1, 0.15) is 18.5 Å². The lowest BCUT2D eigenvalue weighted by atomic mass is 10.0. The van der Waals surface area contributed by atoms with Gasteiger partial charge in [-0.3, -0.25) is 9.89 Å². The Balaban J connectivity index is 0.000000845. The van der Waals surface area contributed by atoms with Gasteiger partial charge in [0, 0.05) is 6.20 Å². The quantitative estimate of drug-likeness (QED) is 0.729. The zero-order chi connectivity index (χ0) is 8.60. The van der Waals surface area contributed by atoms with Crippen molar-refractivity contribution in [1.29, 1.82) is 0 Å². The molecule has 0 saturated heterocycles. The van der Waals surface area contributed by atoms with E-state index in [4.69, 9.17) is 4.74 Å². The van der Waals surface area contributed by atoms with E-state index in [2.05, 4.69) is 10.2 Å². The van der Waals surface area contributed by atoms with E-state index in [1.165, 1.54) is 7.11 Å². The van der Waals surface area contributed by atoms with Crippen molar-refractivity contribution < 1.29 is 9.53 Å². The number of carbonyl (C=O) groups is 1. The van der Waals surface area contributed by atoms with Gasteiger partial charge >= 0.3 is 5.97 Å². The molecule has 4 nitrogen and oxygen atoms in total. The van der Waals surface area contributed by atoms with Crippen LogP contribution in [0.5, 0.6) is 0 Å². The summed E-state index contributed by atoms with van der Waals surface area (Å²) in [6.07, 6.45) is 3.38. The number of halogens is 1. The van der Waals surface area contributed by atoms with E-state index in [1.807, 2.05) is 6.07 Å². The predicted molar refractivity (Wildman–Crippen MR) is 48.8 cm³/mol. The minimum atomic E-state index is -0.398. The van der Waals surface area contributed by atoms with Crippen LogP contribution in [0.25, 0.3) is 0 Å². The molecule has 0 unspecified atom stereocenters. The van der Waals surface area contributed by atoms with Crippen LogP contribution < -0.4 is 0 Å². The average Bonchev–Trinajstić information content (AvgIpc) is 2.73. The molecule has 0 amide bonds. The highest BCUT2D eigenvalue weighted by molar-refractivity contribution is 5.86. The predicted octanol–water partition coefficient (Wildman–Crippen LogP) is 1.04. The summed E-state index contributed by atoms with van der Waals surface area (Å²) >= 11 is 0. The summed E-state index contributed by atoms with van der Waals surface area (Å²) in [4.78, 5) is 11.3. The van der Waals surface area contributed by atoms with E-state index in [1.54, 1.807) is 6.20 Å². The SMILES string of the molecule is COC(=O)C1(c2ccn[nH]2)CC1.Cl. The van der Waals surface area contributed by atoms with Gasteiger partial charge in [0.25, 0.3) is 0 Å². The number of esters is 1. The highest BCUT2D eigenvalue weighted by Crippen LogP contribution is 2.48. The minimum absolute atomic E-state index is 0. The summed E-state index contributed by atoms with van der Waals surface area (Å²) in [6.45, 7) is 0. The Labute approximate surface area is 82.1 Å². The number of nitrogens with zero attached hydrogens (tertiary/aromatic N) is 1. The molecule has 0 atom stereocenters. The molecule has 1 saturated carbocycles. The van der Waals surface area contributed by atoms with Gasteiger partial charge in [-0.2, -0.15) is 5.10 Å². The Kier molecular flexibility index (Phi) is 2.61. The van der Waals surface area contributed by atoms with Crippen molar-refractivity contribution in [3.05, 3.63) is 18.0 Å². The molecule has 1 N–H and O–H groups in total. The van der Waals surface area contributed by atoms with Gasteiger partial charge < -0.3 is 4.74 Å². The standard InChI is InChI=1S/C8H10N2O2.ClH/c1-12-7(11)8(3-4-8)6-2-5-9-10-6;/h2,5H,3-4H2,1H3,(H,9,10);1H. The number of methoxy groups -OCH3 is 1. The number of aromatic nitrogens is 2. The maximum absolute atomic E-state index is 11.3. The summed E-state index contributed by atoms with van der Waals surface area (Å²) in [6, 6.07) is 1.82. The van der Waals surface area contributed by atoms with Crippen LogP contribution in [0.4, 0.5) is 0 Å². The van der Waals surface area contributed by atoms with Crippen LogP contribution >= 0.6 is 12.4 Å². The second-order valence-corrected chi connectivity index (χ2v) is 3.04. The zero-order valence-electron chi connectivity index (χ0n) is 7.24. The molecule has 1 fully saturated rings. The highest BCUT2D eigenvalue weighted by Gasteiger charge is 2.53. The average molecular weight is 203 g/mol. The summed E-state index contributed by atoms with van der Waals surface area (Å²) < 4.78 is 4.71. The first kappa shape index (κ1) is 10.1. The second kappa shape index (κ2) is 3.38. The Bertz CT molecular complexity index is 293. The first-order chi connectivity index (χ1) is 5.79. The van der Waals surface area contributed by atoms with Gasteiger partial charge in [-0.1, -0.05) is 0 Å². The van der Waals surface area contributed by atoms with Crippen molar-refractivity contribution >= 4 is 18.4 Å². The highest BCUT2D eigenvalue weighted by atomic mass is 35.5. The molecule has 2 rings (SSSR count). The van der Waals surface area contributed by atoms with Gasteiger partial charge in [0.15, 0.2) is 0 Å². The lowest BCUT2D eigenvalue weighted by Crippen LogP contribution is -2.22. The van der Waals surface area contributed by atoms with Crippen molar-refractivity contribution in [2.45, 2.75) is 18.3 Å². The van der Waals surface area contributed by atoms with Gasteiger partial charge in [-0.25, -0.2) is 0 Å². The van der Waals surface area contributed by atoms with Gasteiger partial charge in [-0.15, -0.1) is 12.4 Å². The Morgan fingerprint density at radius 2 is 2.38 bits per heavy atom. The number of hydrogen-bond donors (Lipinski definition) is 1.